The SMILES string of the molecule is CC(C)(C)c1cc(C=Nc2ccncc2)c(O)c(C(C)(C)C)c1. The van der Waals surface area contributed by atoms with Gasteiger partial charge in [-0.1, -0.05) is 47.6 Å². The number of pyridine rings is 1. The maximum atomic E-state index is 10.7. The highest BCUT2D eigenvalue weighted by Gasteiger charge is 2.24. The van der Waals surface area contributed by atoms with Crippen LogP contribution in [0.3, 0.4) is 0 Å². The molecule has 1 heterocycles. The van der Waals surface area contributed by atoms with Gasteiger partial charge in [-0.25, -0.2) is 0 Å². The fraction of sp³-hybridized carbons (Fsp3) is 0.400. The number of nitrogens with zero attached hydrogens (tertiary/aromatic N) is 2. The van der Waals surface area contributed by atoms with Gasteiger partial charge in [-0.05, 0) is 34.6 Å². The number of phenolic OH excluding ortho intramolecular Hbond substituents is 1. The first-order valence-electron chi connectivity index (χ1n) is 7.91. The van der Waals surface area contributed by atoms with E-state index in [1.54, 1.807) is 18.6 Å². The molecule has 23 heavy (non-hydrogen) atoms. The van der Waals surface area contributed by atoms with Crippen LogP contribution in [0.2, 0.25) is 0 Å². The Balaban J connectivity index is 2.56. The van der Waals surface area contributed by atoms with Crippen molar-refractivity contribution in [2.24, 2.45) is 4.99 Å². The first-order valence-corrected chi connectivity index (χ1v) is 7.91. The minimum atomic E-state index is -0.134. The number of aliphatic imine (C=N–C) groups is 1. The lowest BCUT2D eigenvalue weighted by molar-refractivity contribution is 0.444. The zero-order valence-corrected chi connectivity index (χ0v) is 14.9. The van der Waals surface area contributed by atoms with Gasteiger partial charge in [0.25, 0.3) is 0 Å². The molecule has 0 fully saturated rings. The molecule has 0 unspecified atom stereocenters. The van der Waals surface area contributed by atoms with E-state index in [1.807, 2.05) is 18.2 Å². The zero-order chi connectivity index (χ0) is 17.3. The normalized spacial score (nSPS) is 12.8. The van der Waals surface area contributed by atoms with Crippen molar-refractivity contribution in [3.8, 4) is 5.75 Å². The van der Waals surface area contributed by atoms with E-state index in [0.29, 0.717) is 5.75 Å². The molecular weight excluding hydrogens is 284 g/mol. The number of aromatic nitrogens is 1. The largest absolute Gasteiger partial charge is 0.507 e. The summed E-state index contributed by atoms with van der Waals surface area (Å²) < 4.78 is 0. The van der Waals surface area contributed by atoms with Crippen LogP contribution in [0.4, 0.5) is 5.69 Å². The molecule has 0 bridgehead atoms. The van der Waals surface area contributed by atoms with Gasteiger partial charge < -0.3 is 5.11 Å². The van der Waals surface area contributed by atoms with E-state index in [2.05, 4.69) is 57.6 Å². The average Bonchev–Trinajstić information content (AvgIpc) is 2.44. The van der Waals surface area contributed by atoms with Crippen LogP contribution in [-0.2, 0) is 10.8 Å². The lowest BCUT2D eigenvalue weighted by Gasteiger charge is -2.26. The van der Waals surface area contributed by atoms with Crippen molar-refractivity contribution in [3.05, 3.63) is 53.3 Å². The summed E-state index contributed by atoms with van der Waals surface area (Å²) in [4.78, 5) is 8.45. The highest BCUT2D eigenvalue weighted by Crippen LogP contribution is 2.37. The second-order valence-electron chi connectivity index (χ2n) is 7.93. The van der Waals surface area contributed by atoms with Gasteiger partial charge in [-0.3, -0.25) is 9.98 Å². The van der Waals surface area contributed by atoms with E-state index >= 15 is 0 Å². The van der Waals surface area contributed by atoms with Crippen molar-refractivity contribution in [1.82, 2.24) is 4.98 Å². The minimum absolute atomic E-state index is 0.00690. The van der Waals surface area contributed by atoms with Crippen molar-refractivity contribution in [2.45, 2.75) is 52.4 Å². The second-order valence-corrected chi connectivity index (χ2v) is 7.93. The Bertz CT molecular complexity index is 705. The zero-order valence-electron chi connectivity index (χ0n) is 14.9. The molecule has 0 atom stereocenters. The summed E-state index contributed by atoms with van der Waals surface area (Å²) in [5, 5.41) is 10.7. The van der Waals surface area contributed by atoms with E-state index in [0.717, 1.165) is 16.8 Å². The van der Waals surface area contributed by atoms with E-state index in [9.17, 15) is 5.11 Å². The molecular formula is C20H26N2O. The fourth-order valence-corrected chi connectivity index (χ4v) is 2.33. The maximum absolute atomic E-state index is 10.7. The summed E-state index contributed by atoms with van der Waals surface area (Å²) in [7, 11) is 0. The number of hydrogen-bond acceptors (Lipinski definition) is 3. The van der Waals surface area contributed by atoms with Crippen molar-refractivity contribution in [3.63, 3.8) is 0 Å². The summed E-state index contributed by atoms with van der Waals surface area (Å²) in [5.74, 6) is 0.309. The van der Waals surface area contributed by atoms with Crippen LogP contribution in [0.15, 0.2) is 41.7 Å². The number of phenols is 1. The molecule has 1 aromatic heterocycles. The van der Waals surface area contributed by atoms with Gasteiger partial charge in [0.15, 0.2) is 0 Å². The number of hydrogen-bond donors (Lipinski definition) is 1. The molecule has 3 nitrogen and oxygen atoms in total. The van der Waals surface area contributed by atoms with Gasteiger partial charge >= 0.3 is 0 Å². The third-order valence-electron chi connectivity index (χ3n) is 3.83. The molecule has 1 aromatic carbocycles. The Morgan fingerprint density at radius 2 is 1.57 bits per heavy atom. The third kappa shape index (κ3) is 4.19. The third-order valence-corrected chi connectivity index (χ3v) is 3.83. The van der Waals surface area contributed by atoms with Crippen molar-refractivity contribution < 1.29 is 5.11 Å². The maximum Gasteiger partial charge on any atom is 0.128 e. The van der Waals surface area contributed by atoms with Crippen LogP contribution >= 0.6 is 0 Å². The number of aromatic hydroxyl groups is 1. The molecule has 2 rings (SSSR count). The Morgan fingerprint density at radius 1 is 0.957 bits per heavy atom. The van der Waals surface area contributed by atoms with Gasteiger partial charge in [0.05, 0.1) is 5.69 Å². The monoisotopic (exact) mass is 310 g/mol. The summed E-state index contributed by atoms with van der Waals surface area (Å²) in [6.07, 6.45) is 5.15. The smallest absolute Gasteiger partial charge is 0.128 e. The fourth-order valence-electron chi connectivity index (χ4n) is 2.33. The molecule has 122 valence electrons. The topological polar surface area (TPSA) is 45.5 Å². The Labute approximate surface area is 139 Å². The van der Waals surface area contributed by atoms with E-state index in [-0.39, 0.29) is 10.8 Å². The molecule has 0 spiro atoms. The van der Waals surface area contributed by atoms with Gasteiger partial charge in [0.2, 0.25) is 0 Å². The van der Waals surface area contributed by atoms with Crippen LogP contribution in [0.5, 0.6) is 5.75 Å². The highest BCUT2D eigenvalue weighted by molar-refractivity contribution is 5.86. The lowest BCUT2D eigenvalue weighted by atomic mass is 9.79. The molecule has 0 saturated carbocycles. The van der Waals surface area contributed by atoms with E-state index < -0.39 is 0 Å². The lowest BCUT2D eigenvalue weighted by Crippen LogP contribution is -2.17. The van der Waals surface area contributed by atoms with Crippen molar-refractivity contribution in [1.29, 1.82) is 0 Å². The van der Waals surface area contributed by atoms with Crippen LogP contribution in [0.25, 0.3) is 0 Å². The van der Waals surface area contributed by atoms with Crippen LogP contribution in [-0.4, -0.2) is 16.3 Å². The molecule has 0 amide bonds. The quantitative estimate of drug-likeness (QED) is 0.781. The molecule has 1 N–H and O–H groups in total. The van der Waals surface area contributed by atoms with Gasteiger partial charge in [0, 0.05) is 29.7 Å². The van der Waals surface area contributed by atoms with Gasteiger partial charge in [-0.15, -0.1) is 0 Å². The first-order chi connectivity index (χ1) is 10.6. The molecule has 2 aromatic rings. The van der Waals surface area contributed by atoms with Crippen LogP contribution in [0, 0.1) is 0 Å². The minimum Gasteiger partial charge on any atom is -0.507 e. The predicted octanol–water partition coefficient (Wildman–Crippen LogP) is 5.13. The predicted molar refractivity (Wildman–Crippen MR) is 97.0 cm³/mol. The van der Waals surface area contributed by atoms with Gasteiger partial charge in [0.1, 0.15) is 5.75 Å². The Hall–Kier alpha value is -2.16. The van der Waals surface area contributed by atoms with E-state index in [1.165, 1.54) is 5.56 Å². The average molecular weight is 310 g/mol. The van der Waals surface area contributed by atoms with Crippen molar-refractivity contribution >= 4 is 11.9 Å². The summed E-state index contributed by atoms with van der Waals surface area (Å²) in [5.41, 5.74) is 3.58. The Kier molecular flexibility index (Phi) is 4.60. The second kappa shape index (κ2) is 6.15. The molecule has 0 aliphatic carbocycles. The molecule has 0 aliphatic rings. The Morgan fingerprint density at radius 3 is 2.09 bits per heavy atom. The first kappa shape index (κ1) is 17.2. The number of benzene rings is 1. The standard InChI is InChI=1S/C20H26N2O/c1-19(2,3)15-11-14(13-22-16-7-9-21-10-8-16)18(23)17(12-15)20(4,5)6/h7-13,23H,1-6H3. The van der Waals surface area contributed by atoms with Gasteiger partial charge in [-0.2, -0.15) is 0 Å². The summed E-state index contributed by atoms with van der Waals surface area (Å²) in [6.45, 7) is 12.9. The number of rotatable bonds is 2. The van der Waals surface area contributed by atoms with E-state index in [4.69, 9.17) is 0 Å². The highest BCUT2D eigenvalue weighted by atomic mass is 16.3. The van der Waals surface area contributed by atoms with Crippen molar-refractivity contribution in [2.75, 3.05) is 0 Å². The van der Waals surface area contributed by atoms with Crippen LogP contribution in [0.1, 0.15) is 58.2 Å². The summed E-state index contributed by atoms with van der Waals surface area (Å²) in [6, 6.07) is 7.81. The molecule has 0 saturated heterocycles. The summed E-state index contributed by atoms with van der Waals surface area (Å²) >= 11 is 0. The molecule has 0 aliphatic heterocycles. The molecule has 3 heteroatoms. The van der Waals surface area contributed by atoms with Crippen LogP contribution < -0.4 is 0 Å². The molecule has 0 radical (unpaired) electrons.